The van der Waals surface area contributed by atoms with Crippen molar-refractivity contribution in [2.75, 3.05) is 16.0 Å². The molecule has 1 aliphatic rings. The molecule has 0 fully saturated rings. The molecule has 164 valence electrons. The van der Waals surface area contributed by atoms with Crippen molar-refractivity contribution in [3.05, 3.63) is 75.0 Å². The number of benzene rings is 2. The Morgan fingerprint density at radius 2 is 1.72 bits per heavy atom. The molecule has 2 aromatic carbocycles. The monoisotopic (exact) mass is 451 g/mol. The summed E-state index contributed by atoms with van der Waals surface area (Å²) in [5.41, 5.74) is 2.02. The SMILES string of the molecule is CC(C)c1ccc(NC(=O)[C@@H]2CC(=O)Nc3nc(Nc4ccc(Cl)cc4)[nH]c(=O)c32)cc1. The van der Waals surface area contributed by atoms with E-state index in [-0.39, 0.29) is 29.7 Å². The van der Waals surface area contributed by atoms with Gasteiger partial charge >= 0.3 is 0 Å². The number of aromatic nitrogens is 2. The highest BCUT2D eigenvalue weighted by atomic mass is 35.5. The van der Waals surface area contributed by atoms with E-state index >= 15 is 0 Å². The van der Waals surface area contributed by atoms with E-state index in [0.717, 1.165) is 5.56 Å². The first-order valence-electron chi connectivity index (χ1n) is 10.2. The van der Waals surface area contributed by atoms with Crippen molar-refractivity contribution in [2.24, 2.45) is 0 Å². The van der Waals surface area contributed by atoms with Crippen LogP contribution >= 0.6 is 11.6 Å². The zero-order chi connectivity index (χ0) is 22.8. The largest absolute Gasteiger partial charge is 0.326 e. The van der Waals surface area contributed by atoms with E-state index in [2.05, 4.69) is 39.8 Å². The molecule has 0 spiro atoms. The maximum atomic E-state index is 13.0. The molecule has 2 heterocycles. The Balaban J connectivity index is 1.59. The summed E-state index contributed by atoms with van der Waals surface area (Å²) in [5.74, 6) is -1.20. The first-order valence-corrected chi connectivity index (χ1v) is 10.6. The molecule has 0 radical (unpaired) electrons. The Morgan fingerprint density at radius 3 is 2.38 bits per heavy atom. The molecule has 0 bridgehead atoms. The van der Waals surface area contributed by atoms with Crippen LogP contribution in [0.25, 0.3) is 0 Å². The Morgan fingerprint density at radius 1 is 1.06 bits per heavy atom. The van der Waals surface area contributed by atoms with Gasteiger partial charge in [0.25, 0.3) is 5.56 Å². The number of nitrogens with zero attached hydrogens (tertiary/aromatic N) is 1. The minimum absolute atomic E-state index is 0.0665. The van der Waals surface area contributed by atoms with E-state index in [0.29, 0.717) is 22.3 Å². The molecule has 1 atom stereocenters. The van der Waals surface area contributed by atoms with Gasteiger partial charge in [0.2, 0.25) is 17.8 Å². The molecule has 0 aliphatic carbocycles. The fraction of sp³-hybridized carbons (Fsp3) is 0.217. The van der Waals surface area contributed by atoms with Crippen LogP contribution < -0.4 is 21.5 Å². The lowest BCUT2D eigenvalue weighted by atomic mass is 9.92. The van der Waals surface area contributed by atoms with Crippen molar-refractivity contribution in [3.63, 3.8) is 0 Å². The van der Waals surface area contributed by atoms with Crippen LogP contribution in [0, 0.1) is 0 Å². The molecule has 1 aromatic heterocycles. The number of aromatic amines is 1. The minimum Gasteiger partial charge on any atom is -0.326 e. The van der Waals surface area contributed by atoms with Crippen molar-refractivity contribution >= 4 is 46.6 Å². The number of hydrogen-bond donors (Lipinski definition) is 4. The van der Waals surface area contributed by atoms with Gasteiger partial charge in [-0.05, 0) is 47.9 Å². The van der Waals surface area contributed by atoms with E-state index in [4.69, 9.17) is 11.6 Å². The van der Waals surface area contributed by atoms with Gasteiger partial charge in [0.1, 0.15) is 5.82 Å². The van der Waals surface area contributed by atoms with Gasteiger partial charge < -0.3 is 16.0 Å². The van der Waals surface area contributed by atoms with E-state index in [1.54, 1.807) is 36.4 Å². The summed E-state index contributed by atoms with van der Waals surface area (Å²) in [4.78, 5) is 45.0. The molecule has 8 nitrogen and oxygen atoms in total. The van der Waals surface area contributed by atoms with Gasteiger partial charge in [-0.25, -0.2) is 0 Å². The summed E-state index contributed by atoms with van der Waals surface area (Å²) in [6, 6.07) is 14.3. The number of amides is 2. The molecule has 0 saturated carbocycles. The Bertz CT molecular complexity index is 1220. The summed E-state index contributed by atoms with van der Waals surface area (Å²) in [6.45, 7) is 4.17. The van der Waals surface area contributed by atoms with Crippen LogP contribution in [-0.4, -0.2) is 21.8 Å². The van der Waals surface area contributed by atoms with Crippen LogP contribution in [0.5, 0.6) is 0 Å². The van der Waals surface area contributed by atoms with Crippen LogP contribution in [0.3, 0.4) is 0 Å². The smallest absolute Gasteiger partial charge is 0.258 e. The molecule has 3 aromatic rings. The van der Waals surface area contributed by atoms with E-state index in [1.165, 1.54) is 0 Å². The lowest BCUT2D eigenvalue weighted by molar-refractivity contribution is -0.123. The molecule has 0 saturated heterocycles. The Labute approximate surface area is 189 Å². The average Bonchev–Trinajstić information content (AvgIpc) is 2.75. The molecule has 1 aliphatic heterocycles. The standard InChI is InChI=1S/C23H22ClN5O3/c1-12(2)13-3-7-15(8-4-13)25-21(31)17-11-18(30)27-20-19(17)22(32)29-23(28-20)26-16-9-5-14(24)6-10-16/h3-10,12,17H,11H2,1-2H3,(H,25,31)(H3,26,27,28,29,30,32)/t17-/m1/s1. The number of H-pyrrole nitrogens is 1. The normalized spacial score (nSPS) is 15.1. The van der Waals surface area contributed by atoms with Crippen LogP contribution in [0.15, 0.2) is 53.3 Å². The number of nitrogens with one attached hydrogen (secondary N) is 4. The van der Waals surface area contributed by atoms with Crippen LogP contribution in [0.1, 0.15) is 43.2 Å². The quantitative estimate of drug-likeness (QED) is 0.460. The predicted octanol–water partition coefficient (Wildman–Crippen LogP) is 4.35. The predicted molar refractivity (Wildman–Crippen MR) is 125 cm³/mol. The summed E-state index contributed by atoms with van der Waals surface area (Å²) in [6.07, 6.45) is -0.141. The minimum atomic E-state index is -0.954. The highest BCUT2D eigenvalue weighted by Crippen LogP contribution is 2.30. The Kier molecular flexibility index (Phi) is 5.96. The van der Waals surface area contributed by atoms with Crippen LogP contribution in [0.2, 0.25) is 5.02 Å². The van der Waals surface area contributed by atoms with Gasteiger partial charge in [0, 0.05) is 22.8 Å². The zero-order valence-electron chi connectivity index (χ0n) is 17.5. The third kappa shape index (κ3) is 4.65. The number of halogens is 1. The van der Waals surface area contributed by atoms with Crippen molar-refractivity contribution in [1.29, 1.82) is 0 Å². The number of carbonyl (C=O) groups excluding carboxylic acids is 2. The number of fused-ring (bicyclic) bond motifs is 1. The van der Waals surface area contributed by atoms with E-state index in [9.17, 15) is 14.4 Å². The van der Waals surface area contributed by atoms with Gasteiger partial charge in [0.05, 0.1) is 11.5 Å². The maximum absolute atomic E-state index is 13.0. The van der Waals surface area contributed by atoms with Gasteiger partial charge in [-0.3, -0.25) is 19.4 Å². The lowest BCUT2D eigenvalue weighted by Gasteiger charge is -2.23. The zero-order valence-corrected chi connectivity index (χ0v) is 18.3. The summed E-state index contributed by atoms with van der Waals surface area (Å²) in [7, 11) is 0. The molecule has 4 rings (SSSR count). The second-order valence-corrected chi connectivity index (χ2v) is 8.32. The highest BCUT2D eigenvalue weighted by Gasteiger charge is 2.34. The molecular formula is C23H22ClN5O3. The lowest BCUT2D eigenvalue weighted by Crippen LogP contribution is -2.36. The van der Waals surface area contributed by atoms with E-state index in [1.807, 2.05) is 12.1 Å². The summed E-state index contributed by atoms with van der Waals surface area (Å²) in [5, 5.41) is 8.92. The fourth-order valence-corrected chi connectivity index (χ4v) is 3.63. The second kappa shape index (κ2) is 8.84. The summed E-state index contributed by atoms with van der Waals surface area (Å²) >= 11 is 5.89. The fourth-order valence-electron chi connectivity index (χ4n) is 3.51. The number of carbonyl (C=O) groups is 2. The third-order valence-corrected chi connectivity index (χ3v) is 5.47. The average molecular weight is 452 g/mol. The first kappa shape index (κ1) is 21.6. The summed E-state index contributed by atoms with van der Waals surface area (Å²) < 4.78 is 0. The molecule has 32 heavy (non-hydrogen) atoms. The van der Waals surface area contributed by atoms with Crippen molar-refractivity contribution in [2.45, 2.75) is 32.1 Å². The number of hydrogen-bond acceptors (Lipinski definition) is 5. The van der Waals surface area contributed by atoms with Gasteiger partial charge in [-0.15, -0.1) is 0 Å². The van der Waals surface area contributed by atoms with Gasteiger partial charge in [0.15, 0.2) is 0 Å². The van der Waals surface area contributed by atoms with E-state index < -0.39 is 17.4 Å². The number of anilines is 4. The Hall–Kier alpha value is -3.65. The van der Waals surface area contributed by atoms with Crippen LogP contribution in [-0.2, 0) is 9.59 Å². The molecule has 0 unspecified atom stereocenters. The first-order chi connectivity index (χ1) is 15.3. The molecule has 2 amide bonds. The van der Waals surface area contributed by atoms with Crippen molar-refractivity contribution in [1.82, 2.24) is 9.97 Å². The molecular weight excluding hydrogens is 430 g/mol. The van der Waals surface area contributed by atoms with Crippen molar-refractivity contribution < 1.29 is 9.59 Å². The van der Waals surface area contributed by atoms with Crippen molar-refractivity contribution in [3.8, 4) is 0 Å². The number of rotatable bonds is 5. The second-order valence-electron chi connectivity index (χ2n) is 7.88. The topological polar surface area (TPSA) is 116 Å². The van der Waals surface area contributed by atoms with Gasteiger partial charge in [-0.2, -0.15) is 4.98 Å². The van der Waals surface area contributed by atoms with Gasteiger partial charge in [-0.1, -0.05) is 37.6 Å². The highest BCUT2D eigenvalue weighted by molar-refractivity contribution is 6.30. The molecule has 4 N–H and O–H groups in total. The maximum Gasteiger partial charge on any atom is 0.258 e. The molecule has 9 heteroatoms. The van der Waals surface area contributed by atoms with Crippen LogP contribution in [0.4, 0.5) is 23.1 Å². The third-order valence-electron chi connectivity index (χ3n) is 5.22.